The monoisotopic (exact) mass is 269 g/mol. The highest BCUT2D eigenvalue weighted by molar-refractivity contribution is 5.60. The quantitative estimate of drug-likeness (QED) is 0.850. The molecule has 3 nitrogen and oxygen atoms in total. The van der Waals surface area contributed by atoms with Gasteiger partial charge >= 0.3 is 0 Å². The Labute approximate surface area is 121 Å². The van der Waals surface area contributed by atoms with Crippen molar-refractivity contribution in [1.82, 2.24) is 9.78 Å². The first-order valence-electron chi connectivity index (χ1n) is 7.39. The second-order valence-corrected chi connectivity index (χ2v) is 6.20. The van der Waals surface area contributed by atoms with Gasteiger partial charge in [-0.2, -0.15) is 5.10 Å². The lowest BCUT2D eigenvalue weighted by Gasteiger charge is -2.20. The summed E-state index contributed by atoms with van der Waals surface area (Å²) in [5, 5.41) is 4.45. The van der Waals surface area contributed by atoms with Gasteiger partial charge in [0.05, 0.1) is 5.69 Å². The molecule has 0 saturated carbocycles. The summed E-state index contributed by atoms with van der Waals surface area (Å²) >= 11 is 0. The molecular weight excluding hydrogens is 246 g/mol. The molecule has 3 rings (SSSR count). The van der Waals surface area contributed by atoms with E-state index in [2.05, 4.69) is 61.2 Å². The number of anilines is 1. The molecule has 0 amide bonds. The van der Waals surface area contributed by atoms with Crippen LogP contribution in [0.5, 0.6) is 0 Å². The molecular formula is C17H23N3. The van der Waals surface area contributed by atoms with Crippen LogP contribution in [0, 0.1) is 12.8 Å². The zero-order valence-corrected chi connectivity index (χ0v) is 12.8. The molecule has 0 aliphatic carbocycles. The predicted molar refractivity (Wildman–Crippen MR) is 83.0 cm³/mol. The Hall–Kier alpha value is -1.77. The van der Waals surface area contributed by atoms with E-state index in [-0.39, 0.29) is 0 Å². The molecule has 0 N–H and O–H groups in total. The molecule has 3 heteroatoms. The van der Waals surface area contributed by atoms with Crippen LogP contribution in [0.3, 0.4) is 0 Å². The van der Waals surface area contributed by atoms with Crippen LogP contribution in [0.1, 0.15) is 36.6 Å². The SMILES string of the molecule is Cc1nn(C)cc1CN1CC(C(C)C)c2ccccc21. The zero-order valence-electron chi connectivity index (χ0n) is 12.8. The average molecular weight is 269 g/mol. The van der Waals surface area contributed by atoms with E-state index in [9.17, 15) is 0 Å². The van der Waals surface area contributed by atoms with Crippen molar-refractivity contribution in [2.75, 3.05) is 11.4 Å². The third-order valence-corrected chi connectivity index (χ3v) is 4.38. The number of nitrogens with zero attached hydrogens (tertiary/aromatic N) is 3. The Morgan fingerprint density at radius 2 is 2.05 bits per heavy atom. The Balaban J connectivity index is 1.90. The van der Waals surface area contributed by atoms with Gasteiger partial charge in [-0.05, 0) is 24.5 Å². The van der Waals surface area contributed by atoms with Gasteiger partial charge in [-0.25, -0.2) is 0 Å². The van der Waals surface area contributed by atoms with Crippen LogP contribution in [0.4, 0.5) is 5.69 Å². The largest absolute Gasteiger partial charge is 0.366 e. The second-order valence-electron chi connectivity index (χ2n) is 6.20. The van der Waals surface area contributed by atoms with Crippen LogP contribution in [0.25, 0.3) is 0 Å². The van der Waals surface area contributed by atoms with Crippen molar-refractivity contribution in [2.24, 2.45) is 13.0 Å². The van der Waals surface area contributed by atoms with Crippen molar-refractivity contribution < 1.29 is 0 Å². The maximum Gasteiger partial charge on any atom is 0.0643 e. The summed E-state index contributed by atoms with van der Waals surface area (Å²) in [5.74, 6) is 1.32. The van der Waals surface area contributed by atoms with Crippen molar-refractivity contribution in [3.8, 4) is 0 Å². The van der Waals surface area contributed by atoms with Gasteiger partial charge in [0.25, 0.3) is 0 Å². The van der Waals surface area contributed by atoms with Crippen LogP contribution >= 0.6 is 0 Å². The highest BCUT2D eigenvalue weighted by Gasteiger charge is 2.30. The average Bonchev–Trinajstić information content (AvgIpc) is 2.92. The third kappa shape index (κ3) is 2.21. The van der Waals surface area contributed by atoms with Gasteiger partial charge in [0.2, 0.25) is 0 Å². The van der Waals surface area contributed by atoms with E-state index in [1.165, 1.54) is 16.8 Å². The molecule has 0 bridgehead atoms. The minimum atomic E-state index is 0.642. The van der Waals surface area contributed by atoms with E-state index >= 15 is 0 Å². The molecule has 0 radical (unpaired) electrons. The molecule has 106 valence electrons. The number of aromatic nitrogens is 2. The zero-order chi connectivity index (χ0) is 14.3. The first-order valence-corrected chi connectivity index (χ1v) is 7.39. The third-order valence-electron chi connectivity index (χ3n) is 4.38. The van der Waals surface area contributed by atoms with Crippen LogP contribution < -0.4 is 4.90 Å². The van der Waals surface area contributed by atoms with Crippen molar-refractivity contribution in [2.45, 2.75) is 33.2 Å². The van der Waals surface area contributed by atoms with E-state index in [1.807, 2.05) is 11.7 Å². The van der Waals surface area contributed by atoms with Crippen molar-refractivity contribution >= 4 is 5.69 Å². The molecule has 1 unspecified atom stereocenters. The Morgan fingerprint density at radius 1 is 1.30 bits per heavy atom. The highest BCUT2D eigenvalue weighted by atomic mass is 15.3. The molecule has 1 aliphatic heterocycles. The predicted octanol–water partition coefficient (Wildman–Crippen LogP) is 3.49. The second kappa shape index (κ2) is 4.97. The van der Waals surface area contributed by atoms with Gasteiger partial charge in [0.15, 0.2) is 0 Å². The summed E-state index contributed by atoms with van der Waals surface area (Å²) in [5.41, 5.74) is 5.36. The Bertz CT molecular complexity index is 612. The van der Waals surface area contributed by atoms with Crippen molar-refractivity contribution in [1.29, 1.82) is 0 Å². The van der Waals surface area contributed by atoms with Crippen LogP contribution in [-0.2, 0) is 13.6 Å². The number of hydrogen-bond acceptors (Lipinski definition) is 2. The molecule has 1 atom stereocenters. The van der Waals surface area contributed by atoms with Gasteiger partial charge in [-0.15, -0.1) is 0 Å². The lowest BCUT2D eigenvalue weighted by molar-refractivity contribution is 0.514. The Kier molecular flexibility index (Phi) is 3.28. The minimum Gasteiger partial charge on any atom is -0.366 e. The molecule has 20 heavy (non-hydrogen) atoms. The normalized spacial score (nSPS) is 17.9. The molecule has 1 aliphatic rings. The van der Waals surface area contributed by atoms with Gasteiger partial charge in [0, 0.05) is 43.5 Å². The standard InChI is InChI=1S/C17H23N3/c1-12(2)16-11-20(17-8-6-5-7-15(16)17)10-14-9-19(4)18-13(14)3/h5-9,12,16H,10-11H2,1-4H3. The summed E-state index contributed by atoms with van der Waals surface area (Å²) in [6.45, 7) is 8.81. The lowest BCUT2D eigenvalue weighted by atomic mass is 9.90. The van der Waals surface area contributed by atoms with Gasteiger partial charge in [-0.1, -0.05) is 32.0 Å². The maximum absolute atomic E-state index is 4.45. The van der Waals surface area contributed by atoms with E-state index < -0.39 is 0 Å². The van der Waals surface area contributed by atoms with E-state index in [0.717, 1.165) is 18.8 Å². The van der Waals surface area contributed by atoms with Gasteiger partial charge in [-0.3, -0.25) is 4.68 Å². The molecule has 2 aromatic rings. The van der Waals surface area contributed by atoms with Crippen LogP contribution in [0.15, 0.2) is 30.5 Å². The molecule has 1 aromatic heterocycles. The van der Waals surface area contributed by atoms with Crippen molar-refractivity contribution in [3.63, 3.8) is 0 Å². The Morgan fingerprint density at radius 3 is 2.70 bits per heavy atom. The highest BCUT2D eigenvalue weighted by Crippen LogP contribution is 2.40. The summed E-state index contributed by atoms with van der Waals surface area (Å²) in [6.07, 6.45) is 2.14. The summed E-state index contributed by atoms with van der Waals surface area (Å²) in [6, 6.07) is 8.84. The molecule has 2 heterocycles. The van der Waals surface area contributed by atoms with E-state index in [1.54, 1.807) is 0 Å². The molecule has 0 saturated heterocycles. The lowest BCUT2D eigenvalue weighted by Crippen LogP contribution is -2.23. The van der Waals surface area contributed by atoms with Crippen LogP contribution in [-0.4, -0.2) is 16.3 Å². The number of benzene rings is 1. The number of hydrogen-bond donors (Lipinski definition) is 0. The van der Waals surface area contributed by atoms with Gasteiger partial charge < -0.3 is 4.90 Å². The fourth-order valence-corrected chi connectivity index (χ4v) is 3.25. The molecule has 0 spiro atoms. The fourth-order valence-electron chi connectivity index (χ4n) is 3.25. The van der Waals surface area contributed by atoms with E-state index in [0.29, 0.717) is 11.8 Å². The fraction of sp³-hybridized carbons (Fsp3) is 0.471. The van der Waals surface area contributed by atoms with Crippen molar-refractivity contribution in [3.05, 3.63) is 47.3 Å². The first kappa shape index (κ1) is 13.2. The summed E-state index contributed by atoms with van der Waals surface area (Å²) in [4.78, 5) is 2.50. The molecule has 0 fully saturated rings. The smallest absolute Gasteiger partial charge is 0.0643 e. The maximum atomic E-state index is 4.45. The van der Waals surface area contributed by atoms with Gasteiger partial charge in [0.1, 0.15) is 0 Å². The number of aryl methyl sites for hydroxylation is 2. The number of para-hydroxylation sites is 1. The number of rotatable bonds is 3. The van der Waals surface area contributed by atoms with E-state index in [4.69, 9.17) is 0 Å². The molecule has 1 aromatic carbocycles. The summed E-state index contributed by atoms with van der Waals surface area (Å²) in [7, 11) is 1.99. The first-order chi connectivity index (χ1) is 9.56. The minimum absolute atomic E-state index is 0.642. The number of fused-ring (bicyclic) bond motifs is 1. The topological polar surface area (TPSA) is 21.1 Å². The van der Waals surface area contributed by atoms with Crippen LogP contribution in [0.2, 0.25) is 0 Å². The summed E-state index contributed by atoms with van der Waals surface area (Å²) < 4.78 is 1.91.